The van der Waals surface area contributed by atoms with Crippen molar-refractivity contribution in [1.82, 2.24) is 9.80 Å². The van der Waals surface area contributed by atoms with E-state index >= 15 is 0 Å². The molecule has 7 heteroatoms. The van der Waals surface area contributed by atoms with Gasteiger partial charge in [-0.25, -0.2) is 0 Å². The Hall–Kier alpha value is -0.820. The van der Waals surface area contributed by atoms with Crippen molar-refractivity contribution in [3.63, 3.8) is 0 Å². The molecule has 2 rings (SSSR count). The van der Waals surface area contributed by atoms with Crippen molar-refractivity contribution in [2.24, 2.45) is 5.92 Å². The first-order valence-corrected chi connectivity index (χ1v) is 8.54. The van der Waals surface area contributed by atoms with Crippen LogP contribution in [-0.2, 0) is 9.53 Å². The van der Waals surface area contributed by atoms with Crippen LogP contribution < -0.4 is 0 Å². The summed E-state index contributed by atoms with van der Waals surface area (Å²) in [6.45, 7) is 3.85. The molecule has 0 aromatic carbocycles. The van der Waals surface area contributed by atoms with Crippen LogP contribution in [0.5, 0.6) is 0 Å². The van der Waals surface area contributed by atoms with Gasteiger partial charge in [-0.2, -0.15) is 13.2 Å². The van der Waals surface area contributed by atoms with Crippen molar-refractivity contribution in [3.8, 4) is 0 Å². The Morgan fingerprint density at radius 2 is 1.74 bits per heavy atom. The Morgan fingerprint density at radius 3 is 2.30 bits per heavy atom. The molecule has 2 aliphatic rings. The lowest BCUT2D eigenvalue weighted by Gasteiger charge is -2.38. The Balaban J connectivity index is 1.69. The molecule has 0 bridgehead atoms. The van der Waals surface area contributed by atoms with E-state index in [1.165, 1.54) is 39.0 Å². The Morgan fingerprint density at radius 1 is 1.13 bits per heavy atom. The molecular weight excluding hydrogens is 309 g/mol. The summed E-state index contributed by atoms with van der Waals surface area (Å²) in [5.74, 6) is 0.423. The van der Waals surface area contributed by atoms with Crippen LogP contribution in [0.15, 0.2) is 0 Å². The first-order chi connectivity index (χ1) is 10.8. The fraction of sp³-hybridized carbons (Fsp3) is 0.938. The molecule has 0 aromatic rings. The zero-order chi connectivity index (χ0) is 16.9. The molecular formula is C16H27F3N2O2. The molecule has 0 aromatic heterocycles. The average molecular weight is 336 g/mol. The number of halogens is 3. The summed E-state index contributed by atoms with van der Waals surface area (Å²) in [5.41, 5.74) is 0. The SMILES string of the molecule is CC(OCC(F)(F)F)C(=O)N1CCN(CC2CCCCC2)CC1. The summed E-state index contributed by atoms with van der Waals surface area (Å²) in [5, 5.41) is 0. The van der Waals surface area contributed by atoms with Gasteiger partial charge in [0, 0.05) is 32.7 Å². The fourth-order valence-electron chi connectivity index (χ4n) is 3.43. The maximum Gasteiger partial charge on any atom is 0.411 e. The van der Waals surface area contributed by atoms with Crippen LogP contribution in [0.25, 0.3) is 0 Å². The second-order valence-electron chi connectivity index (χ2n) is 6.70. The van der Waals surface area contributed by atoms with Crippen LogP contribution in [0.4, 0.5) is 13.2 Å². The lowest BCUT2D eigenvalue weighted by molar-refractivity contribution is -0.188. The van der Waals surface area contributed by atoms with Gasteiger partial charge < -0.3 is 9.64 Å². The lowest BCUT2D eigenvalue weighted by Crippen LogP contribution is -2.52. The van der Waals surface area contributed by atoms with Gasteiger partial charge in [0.2, 0.25) is 0 Å². The Labute approximate surface area is 135 Å². The van der Waals surface area contributed by atoms with Crippen LogP contribution in [0.2, 0.25) is 0 Å². The molecule has 0 radical (unpaired) electrons. The molecule has 0 spiro atoms. The highest BCUT2D eigenvalue weighted by Crippen LogP contribution is 2.24. The third-order valence-corrected chi connectivity index (χ3v) is 4.77. The van der Waals surface area contributed by atoms with Crippen LogP contribution in [0, 0.1) is 5.92 Å². The zero-order valence-electron chi connectivity index (χ0n) is 13.8. The number of nitrogens with zero attached hydrogens (tertiary/aromatic N) is 2. The van der Waals surface area contributed by atoms with Crippen LogP contribution >= 0.6 is 0 Å². The second-order valence-corrected chi connectivity index (χ2v) is 6.70. The van der Waals surface area contributed by atoms with Gasteiger partial charge in [0.1, 0.15) is 12.7 Å². The zero-order valence-corrected chi connectivity index (χ0v) is 13.8. The van der Waals surface area contributed by atoms with Gasteiger partial charge >= 0.3 is 6.18 Å². The molecule has 1 atom stereocenters. The molecule has 4 nitrogen and oxygen atoms in total. The summed E-state index contributed by atoms with van der Waals surface area (Å²) < 4.78 is 41.1. The first kappa shape index (κ1) is 18.5. The van der Waals surface area contributed by atoms with E-state index in [-0.39, 0.29) is 5.91 Å². The minimum atomic E-state index is -4.40. The molecule has 1 amide bonds. The van der Waals surface area contributed by atoms with Gasteiger partial charge in [-0.3, -0.25) is 9.69 Å². The molecule has 1 heterocycles. The number of ether oxygens (including phenoxy) is 1. The molecule has 2 fully saturated rings. The standard InChI is InChI=1S/C16H27F3N2O2/c1-13(23-12-16(17,18)19)15(22)21-9-7-20(8-10-21)11-14-5-3-2-4-6-14/h13-14H,2-12H2,1H3. The van der Waals surface area contributed by atoms with E-state index in [9.17, 15) is 18.0 Å². The summed E-state index contributed by atoms with van der Waals surface area (Å²) in [4.78, 5) is 16.1. The normalized spacial score (nSPS) is 23.0. The fourth-order valence-corrected chi connectivity index (χ4v) is 3.43. The highest BCUT2D eigenvalue weighted by Gasteiger charge is 2.32. The van der Waals surface area contributed by atoms with Gasteiger partial charge in [-0.15, -0.1) is 0 Å². The van der Waals surface area contributed by atoms with Crippen molar-refractivity contribution >= 4 is 5.91 Å². The van der Waals surface area contributed by atoms with Gasteiger partial charge in [-0.1, -0.05) is 19.3 Å². The number of piperazine rings is 1. The Bertz CT molecular complexity index is 376. The monoisotopic (exact) mass is 336 g/mol. The van der Waals surface area contributed by atoms with Gasteiger partial charge in [-0.05, 0) is 25.7 Å². The second kappa shape index (κ2) is 8.33. The van der Waals surface area contributed by atoms with E-state index in [0.717, 1.165) is 25.6 Å². The smallest absolute Gasteiger partial charge is 0.359 e. The average Bonchev–Trinajstić information content (AvgIpc) is 2.53. The predicted molar refractivity (Wildman–Crippen MR) is 81.1 cm³/mol. The lowest BCUT2D eigenvalue weighted by atomic mass is 9.89. The van der Waals surface area contributed by atoms with E-state index in [0.29, 0.717) is 13.1 Å². The first-order valence-electron chi connectivity index (χ1n) is 8.54. The highest BCUT2D eigenvalue weighted by molar-refractivity contribution is 5.80. The Kier molecular flexibility index (Phi) is 6.71. The quantitative estimate of drug-likeness (QED) is 0.774. The van der Waals surface area contributed by atoms with Crippen LogP contribution in [0.3, 0.4) is 0 Å². The van der Waals surface area contributed by atoms with Crippen molar-refractivity contribution < 1.29 is 22.7 Å². The molecule has 134 valence electrons. The molecule has 0 N–H and O–H groups in total. The van der Waals surface area contributed by atoms with Gasteiger partial charge in [0.15, 0.2) is 0 Å². The molecule has 1 saturated heterocycles. The van der Waals surface area contributed by atoms with Crippen LogP contribution in [0.1, 0.15) is 39.0 Å². The summed E-state index contributed by atoms with van der Waals surface area (Å²) in [6, 6.07) is 0. The third-order valence-electron chi connectivity index (χ3n) is 4.77. The summed E-state index contributed by atoms with van der Waals surface area (Å²) >= 11 is 0. The van der Waals surface area contributed by atoms with Crippen molar-refractivity contribution in [2.45, 2.75) is 51.3 Å². The third kappa shape index (κ3) is 6.30. The predicted octanol–water partition coefficient (Wildman–Crippen LogP) is 2.68. The van der Waals surface area contributed by atoms with E-state index < -0.39 is 18.9 Å². The maximum atomic E-state index is 12.1. The number of rotatable bonds is 5. The number of amides is 1. The van der Waals surface area contributed by atoms with E-state index in [2.05, 4.69) is 9.64 Å². The van der Waals surface area contributed by atoms with Crippen molar-refractivity contribution in [3.05, 3.63) is 0 Å². The van der Waals surface area contributed by atoms with E-state index in [4.69, 9.17) is 0 Å². The molecule has 1 aliphatic heterocycles. The summed E-state index contributed by atoms with van der Waals surface area (Å²) in [6.07, 6.45) is 1.13. The summed E-state index contributed by atoms with van der Waals surface area (Å²) in [7, 11) is 0. The molecule has 1 saturated carbocycles. The molecule has 1 aliphatic carbocycles. The van der Waals surface area contributed by atoms with E-state index in [1.54, 1.807) is 4.90 Å². The van der Waals surface area contributed by atoms with Gasteiger partial charge in [0.05, 0.1) is 0 Å². The highest BCUT2D eigenvalue weighted by atomic mass is 19.4. The number of alkyl halides is 3. The minimum Gasteiger partial charge on any atom is -0.359 e. The van der Waals surface area contributed by atoms with Gasteiger partial charge in [0.25, 0.3) is 5.91 Å². The van der Waals surface area contributed by atoms with Crippen LogP contribution in [-0.4, -0.2) is 67.3 Å². The number of carbonyl (C=O) groups excluding carboxylic acids is 1. The molecule has 23 heavy (non-hydrogen) atoms. The minimum absolute atomic E-state index is 0.341. The number of carbonyl (C=O) groups is 1. The topological polar surface area (TPSA) is 32.8 Å². The molecule has 1 unspecified atom stereocenters. The van der Waals surface area contributed by atoms with Crippen molar-refractivity contribution in [1.29, 1.82) is 0 Å². The van der Waals surface area contributed by atoms with E-state index in [1.807, 2.05) is 0 Å². The number of hydrogen-bond donors (Lipinski definition) is 0. The largest absolute Gasteiger partial charge is 0.411 e. The maximum absolute atomic E-state index is 12.1. The number of hydrogen-bond acceptors (Lipinski definition) is 3. The van der Waals surface area contributed by atoms with Crippen molar-refractivity contribution in [2.75, 3.05) is 39.3 Å².